The zero-order chi connectivity index (χ0) is 26.0. The fourth-order valence-electron chi connectivity index (χ4n) is 3.30. The lowest BCUT2D eigenvalue weighted by Gasteiger charge is -2.24. The highest BCUT2D eigenvalue weighted by Crippen LogP contribution is 2.25. The molecule has 36 heavy (non-hydrogen) atoms. The van der Waals surface area contributed by atoms with Crippen LogP contribution in [0.4, 0.5) is 0 Å². The number of benzene rings is 2. The van der Waals surface area contributed by atoms with Crippen molar-refractivity contribution in [3.05, 3.63) is 77.6 Å². The SMILES string of the molecule is COC(=O)CCn1c(SCc2ccccc2)nnc1C(COCc1ccccc1)NC(=O)C(C)(C)N. The van der Waals surface area contributed by atoms with Crippen LogP contribution in [0.1, 0.15) is 43.3 Å². The number of methoxy groups -OCH3 is 1. The molecule has 0 radical (unpaired) electrons. The van der Waals surface area contributed by atoms with Crippen LogP contribution in [0.25, 0.3) is 0 Å². The van der Waals surface area contributed by atoms with Crippen molar-refractivity contribution in [3.8, 4) is 0 Å². The number of hydrogen-bond acceptors (Lipinski definition) is 8. The van der Waals surface area contributed by atoms with Crippen molar-refractivity contribution in [3.63, 3.8) is 0 Å². The average Bonchev–Trinajstić information content (AvgIpc) is 3.28. The van der Waals surface area contributed by atoms with E-state index in [0.717, 1.165) is 11.1 Å². The van der Waals surface area contributed by atoms with E-state index in [4.69, 9.17) is 15.2 Å². The van der Waals surface area contributed by atoms with E-state index in [9.17, 15) is 9.59 Å². The molecule has 1 amide bonds. The lowest BCUT2D eigenvalue weighted by molar-refractivity contribution is -0.141. The molecule has 0 saturated heterocycles. The van der Waals surface area contributed by atoms with Crippen LogP contribution in [0.15, 0.2) is 65.8 Å². The third-order valence-corrected chi connectivity index (χ3v) is 6.36. The molecule has 9 nitrogen and oxygen atoms in total. The van der Waals surface area contributed by atoms with Crippen molar-refractivity contribution in [2.45, 2.75) is 55.9 Å². The number of thioether (sulfide) groups is 1. The molecular formula is C26H33N5O4S. The summed E-state index contributed by atoms with van der Waals surface area (Å²) in [5.41, 5.74) is 7.08. The summed E-state index contributed by atoms with van der Waals surface area (Å²) in [7, 11) is 1.35. The Balaban J connectivity index is 1.85. The van der Waals surface area contributed by atoms with E-state index in [1.807, 2.05) is 65.2 Å². The lowest BCUT2D eigenvalue weighted by Crippen LogP contribution is -2.51. The molecule has 0 bridgehead atoms. The average molecular weight is 512 g/mol. The number of aromatic nitrogens is 3. The van der Waals surface area contributed by atoms with Gasteiger partial charge in [0.2, 0.25) is 5.91 Å². The second-order valence-corrected chi connectivity index (χ2v) is 9.78. The van der Waals surface area contributed by atoms with E-state index in [0.29, 0.717) is 29.9 Å². The molecule has 1 aromatic heterocycles. The van der Waals surface area contributed by atoms with Crippen molar-refractivity contribution in [1.82, 2.24) is 20.1 Å². The van der Waals surface area contributed by atoms with Gasteiger partial charge < -0.3 is 25.1 Å². The molecule has 0 fully saturated rings. The molecule has 3 N–H and O–H groups in total. The number of carbonyl (C=O) groups is 2. The number of esters is 1. The highest BCUT2D eigenvalue weighted by atomic mass is 32.2. The van der Waals surface area contributed by atoms with Crippen LogP contribution in [0, 0.1) is 0 Å². The fraction of sp³-hybridized carbons (Fsp3) is 0.385. The van der Waals surface area contributed by atoms with Crippen LogP contribution in [0.5, 0.6) is 0 Å². The van der Waals surface area contributed by atoms with Crippen LogP contribution >= 0.6 is 11.8 Å². The maximum Gasteiger partial charge on any atom is 0.307 e. The second-order valence-electron chi connectivity index (χ2n) is 8.84. The molecule has 1 unspecified atom stereocenters. The van der Waals surface area contributed by atoms with E-state index in [2.05, 4.69) is 15.5 Å². The summed E-state index contributed by atoms with van der Waals surface area (Å²) in [5, 5.41) is 12.4. The molecule has 3 aromatic rings. The Morgan fingerprint density at radius 3 is 2.31 bits per heavy atom. The highest BCUT2D eigenvalue weighted by Gasteiger charge is 2.29. The van der Waals surface area contributed by atoms with Gasteiger partial charge in [-0.3, -0.25) is 9.59 Å². The Kier molecular flexibility index (Phi) is 10.0. The van der Waals surface area contributed by atoms with Gasteiger partial charge in [-0.1, -0.05) is 72.4 Å². The molecule has 3 rings (SSSR count). The van der Waals surface area contributed by atoms with Gasteiger partial charge in [0, 0.05) is 12.3 Å². The minimum Gasteiger partial charge on any atom is -0.469 e. The molecule has 0 aliphatic carbocycles. The summed E-state index contributed by atoms with van der Waals surface area (Å²) in [5.74, 6) is 0.462. The number of carbonyl (C=O) groups excluding carboxylic acids is 2. The number of rotatable bonds is 13. The van der Waals surface area contributed by atoms with Gasteiger partial charge in [-0.25, -0.2) is 0 Å². The van der Waals surface area contributed by atoms with Gasteiger partial charge in [-0.05, 0) is 25.0 Å². The van der Waals surface area contributed by atoms with Crippen LogP contribution in [-0.4, -0.2) is 45.9 Å². The van der Waals surface area contributed by atoms with Gasteiger partial charge in [-0.2, -0.15) is 0 Å². The number of hydrogen-bond donors (Lipinski definition) is 2. The number of nitrogens with zero attached hydrogens (tertiary/aromatic N) is 3. The molecule has 192 valence electrons. The minimum atomic E-state index is -1.10. The van der Waals surface area contributed by atoms with E-state index in [1.165, 1.54) is 18.9 Å². The Hall–Kier alpha value is -3.21. The Bertz CT molecular complexity index is 1120. The summed E-state index contributed by atoms with van der Waals surface area (Å²) >= 11 is 1.50. The summed E-state index contributed by atoms with van der Waals surface area (Å²) in [6.45, 7) is 4.07. The topological polar surface area (TPSA) is 121 Å². The predicted molar refractivity (Wildman–Crippen MR) is 138 cm³/mol. The van der Waals surface area contributed by atoms with E-state index in [1.54, 1.807) is 13.8 Å². The van der Waals surface area contributed by atoms with Gasteiger partial charge in [0.1, 0.15) is 6.04 Å². The van der Waals surface area contributed by atoms with Crippen molar-refractivity contribution in [2.75, 3.05) is 13.7 Å². The monoisotopic (exact) mass is 511 g/mol. The van der Waals surface area contributed by atoms with Crippen LogP contribution < -0.4 is 11.1 Å². The standard InChI is InChI=1S/C26H33N5O4S/c1-26(2,27)24(33)28-21(17-35-16-19-10-6-4-7-11-19)23-29-30-25(31(23)15-14-22(32)34-3)36-18-20-12-8-5-9-13-20/h4-13,21H,14-18,27H2,1-3H3,(H,28,33). The van der Waals surface area contributed by atoms with Crippen LogP contribution in [-0.2, 0) is 38.0 Å². The molecule has 1 atom stereocenters. The first-order chi connectivity index (χ1) is 17.3. The minimum absolute atomic E-state index is 0.133. The van der Waals surface area contributed by atoms with Crippen molar-refractivity contribution in [2.24, 2.45) is 5.73 Å². The van der Waals surface area contributed by atoms with Crippen LogP contribution in [0.3, 0.4) is 0 Å². The number of nitrogens with two attached hydrogens (primary N) is 1. The van der Waals surface area contributed by atoms with Crippen molar-refractivity contribution >= 4 is 23.6 Å². The molecule has 0 saturated carbocycles. The van der Waals surface area contributed by atoms with Crippen LogP contribution in [0.2, 0.25) is 0 Å². The van der Waals surface area contributed by atoms with Crippen molar-refractivity contribution in [1.29, 1.82) is 0 Å². The molecule has 0 spiro atoms. The zero-order valence-corrected chi connectivity index (χ0v) is 21.7. The summed E-state index contributed by atoms with van der Waals surface area (Å²) in [6, 6.07) is 19.1. The molecular weight excluding hydrogens is 478 g/mol. The van der Waals surface area contributed by atoms with Gasteiger partial charge in [0.15, 0.2) is 11.0 Å². The Morgan fingerprint density at radius 2 is 1.69 bits per heavy atom. The number of ether oxygens (including phenoxy) is 2. The maximum absolute atomic E-state index is 12.8. The molecule has 1 heterocycles. The normalized spacial score (nSPS) is 12.2. The maximum atomic E-state index is 12.8. The van der Waals surface area contributed by atoms with E-state index < -0.39 is 11.6 Å². The number of amides is 1. The smallest absolute Gasteiger partial charge is 0.307 e. The summed E-state index contributed by atoms with van der Waals surface area (Å²) in [4.78, 5) is 24.7. The van der Waals surface area contributed by atoms with Gasteiger partial charge in [-0.15, -0.1) is 10.2 Å². The zero-order valence-electron chi connectivity index (χ0n) is 20.8. The Labute approximate surface area is 215 Å². The van der Waals surface area contributed by atoms with E-state index >= 15 is 0 Å². The third-order valence-electron chi connectivity index (χ3n) is 5.32. The lowest BCUT2D eigenvalue weighted by atomic mass is 10.1. The Morgan fingerprint density at radius 1 is 1.06 bits per heavy atom. The first-order valence-corrected chi connectivity index (χ1v) is 12.6. The summed E-state index contributed by atoms with van der Waals surface area (Å²) < 4.78 is 12.6. The molecule has 10 heteroatoms. The van der Waals surface area contributed by atoms with Crippen molar-refractivity contribution < 1.29 is 19.1 Å². The first kappa shape index (κ1) is 27.4. The van der Waals surface area contributed by atoms with Gasteiger partial charge in [0.25, 0.3) is 0 Å². The van der Waals surface area contributed by atoms with E-state index in [-0.39, 0.29) is 24.9 Å². The van der Waals surface area contributed by atoms with Gasteiger partial charge >= 0.3 is 5.97 Å². The highest BCUT2D eigenvalue weighted by molar-refractivity contribution is 7.98. The largest absolute Gasteiger partial charge is 0.469 e. The first-order valence-electron chi connectivity index (χ1n) is 11.7. The summed E-state index contributed by atoms with van der Waals surface area (Å²) in [6.07, 6.45) is 0.133. The van der Waals surface area contributed by atoms with Gasteiger partial charge in [0.05, 0.1) is 32.3 Å². The molecule has 0 aliphatic rings. The molecule has 2 aromatic carbocycles. The second kappa shape index (κ2) is 13.2. The molecule has 0 aliphatic heterocycles. The third kappa shape index (κ3) is 8.18. The number of nitrogens with one attached hydrogen (secondary N) is 1. The predicted octanol–water partition coefficient (Wildman–Crippen LogP) is 3.24. The quantitative estimate of drug-likeness (QED) is 0.265. The fourth-order valence-corrected chi connectivity index (χ4v) is 4.22.